The molecule has 6 rings (SSSR count). The summed E-state index contributed by atoms with van der Waals surface area (Å²) in [5.41, 5.74) is 1.26. The van der Waals surface area contributed by atoms with E-state index in [2.05, 4.69) is 15.0 Å². The number of aryl methyl sites for hydroxylation is 3. The van der Waals surface area contributed by atoms with E-state index in [4.69, 9.17) is 0 Å². The molecule has 0 aliphatic carbocycles. The van der Waals surface area contributed by atoms with Gasteiger partial charge in [0.05, 0.1) is 0 Å². The zero-order valence-corrected chi connectivity index (χ0v) is 30.6. The Balaban J connectivity index is 0.000000186. The molecule has 0 bridgehead atoms. The third-order valence-electron chi connectivity index (χ3n) is 8.46. The molecule has 3 aromatic rings. The number of hydrogen-bond acceptors (Lipinski definition) is 9. The summed E-state index contributed by atoms with van der Waals surface area (Å²) in [4.78, 5) is 33.4. The predicted molar refractivity (Wildman–Crippen MR) is 176 cm³/mol. The molecule has 13 heteroatoms. The van der Waals surface area contributed by atoms with Crippen molar-refractivity contribution in [3.63, 3.8) is 0 Å². The van der Waals surface area contributed by atoms with E-state index >= 15 is 0 Å². The molecule has 0 spiro atoms. The van der Waals surface area contributed by atoms with Crippen LogP contribution in [0, 0.1) is 20.8 Å². The van der Waals surface area contributed by atoms with E-state index in [1.165, 1.54) is 56.1 Å². The fourth-order valence-electron chi connectivity index (χ4n) is 6.00. The van der Waals surface area contributed by atoms with Crippen molar-refractivity contribution < 1.29 is 15.3 Å². The minimum atomic E-state index is -0.425. The molecule has 0 atom stereocenters. The summed E-state index contributed by atoms with van der Waals surface area (Å²) in [5.74, 6) is -1.27. The molecule has 246 valence electrons. The Kier molecular flexibility index (Phi) is 14.0. The zero-order chi connectivity index (χ0) is 32.5. The van der Waals surface area contributed by atoms with Crippen LogP contribution in [-0.4, -0.2) is 79.1 Å². The van der Waals surface area contributed by atoms with Crippen molar-refractivity contribution in [2.75, 3.05) is 54.3 Å². The van der Waals surface area contributed by atoms with Gasteiger partial charge in [-0.1, -0.05) is 0 Å². The van der Waals surface area contributed by atoms with Gasteiger partial charge in [-0.15, -0.1) is 0 Å². The monoisotopic (exact) mass is 732 g/mol. The summed E-state index contributed by atoms with van der Waals surface area (Å²) in [6, 6.07) is 4.24. The van der Waals surface area contributed by atoms with Gasteiger partial charge in [0, 0.05) is 93.1 Å². The van der Waals surface area contributed by atoms with Gasteiger partial charge in [-0.3, -0.25) is 28.4 Å². The third-order valence-corrected chi connectivity index (χ3v) is 8.46. The average molecular weight is 733 g/mol. The molecule has 3 saturated heterocycles. The summed E-state index contributed by atoms with van der Waals surface area (Å²) >= 11 is 0. The van der Waals surface area contributed by atoms with Crippen LogP contribution in [0.1, 0.15) is 74.9 Å². The first-order valence-corrected chi connectivity index (χ1v) is 16.0. The molecule has 0 radical (unpaired) electrons. The van der Waals surface area contributed by atoms with Gasteiger partial charge >= 0.3 is 25.8 Å². The standard InChI is InChI=1S/3C11H16N2O2.In/c3*1-9-7-10(14)11(15)8-13(9)12-5-3-2-4-6-12;/h3*7-8,15H,2-6H2,1H3;/q;;;+3/p-3/i;;;1-4. The van der Waals surface area contributed by atoms with Crippen LogP contribution in [0.2, 0.25) is 0 Å². The fraction of sp³-hybridized carbons (Fsp3) is 0.545. The Bertz CT molecular complexity index is 1410. The van der Waals surface area contributed by atoms with Crippen molar-refractivity contribution in [3.05, 3.63) is 84.5 Å². The van der Waals surface area contributed by atoms with E-state index < -0.39 is 33.5 Å². The van der Waals surface area contributed by atoms with E-state index in [9.17, 15) is 29.7 Å². The first kappa shape index (κ1) is 37.0. The molecule has 46 heavy (non-hydrogen) atoms. The van der Waals surface area contributed by atoms with Crippen LogP contribution in [0.4, 0.5) is 0 Å². The van der Waals surface area contributed by atoms with Crippen molar-refractivity contribution in [3.8, 4) is 17.2 Å². The average Bonchev–Trinajstić information content (AvgIpc) is 3.04. The van der Waals surface area contributed by atoms with Crippen LogP contribution in [0.25, 0.3) is 0 Å². The minimum Gasteiger partial charge on any atom is -0.869 e. The van der Waals surface area contributed by atoms with Gasteiger partial charge in [0.2, 0.25) is 0 Å². The Labute approximate surface area is 288 Å². The predicted octanol–water partition coefficient (Wildman–Crippen LogP) is 0.676. The molecule has 0 amide bonds. The molecule has 0 saturated carbocycles. The Hall–Kier alpha value is -3.48. The molecule has 3 aliphatic rings. The quantitative estimate of drug-likeness (QED) is 0.380. The van der Waals surface area contributed by atoms with E-state index in [1.54, 1.807) is 0 Å². The van der Waals surface area contributed by atoms with Gasteiger partial charge in [-0.25, -0.2) is 0 Å². The largest absolute Gasteiger partial charge is 3.00 e. The Morgan fingerprint density at radius 1 is 0.435 bits per heavy atom. The number of piperidine rings is 3. The van der Waals surface area contributed by atoms with Crippen molar-refractivity contribution in [1.29, 1.82) is 0 Å². The molecule has 6 heterocycles. The Morgan fingerprint density at radius 3 is 0.870 bits per heavy atom. The third kappa shape index (κ3) is 9.76. The first-order valence-electron chi connectivity index (χ1n) is 16.0. The van der Waals surface area contributed by atoms with E-state index in [-0.39, 0.29) is 25.8 Å². The van der Waals surface area contributed by atoms with Gasteiger partial charge < -0.3 is 30.3 Å². The molecule has 0 aromatic carbocycles. The minimum absolute atomic E-state index is 0. The van der Waals surface area contributed by atoms with Gasteiger partial charge in [-0.05, 0) is 95.8 Å². The summed E-state index contributed by atoms with van der Waals surface area (Å²) in [5, 5.41) is 40.2. The fourth-order valence-corrected chi connectivity index (χ4v) is 6.00. The summed E-state index contributed by atoms with van der Waals surface area (Å²) < 4.78 is 5.47. The van der Waals surface area contributed by atoms with Crippen molar-refractivity contribution >= 4 is 25.8 Å². The van der Waals surface area contributed by atoms with Gasteiger partial charge in [0.25, 0.3) is 0 Å². The topological polar surface area (TPSA) is 145 Å². The van der Waals surface area contributed by atoms with E-state index in [0.717, 1.165) is 94.9 Å². The normalized spacial score (nSPS) is 16.4. The number of nitrogens with zero attached hydrogens (tertiary/aromatic N) is 6. The van der Waals surface area contributed by atoms with Crippen molar-refractivity contribution in [1.82, 2.24) is 14.0 Å². The zero-order valence-electron chi connectivity index (χ0n) is 27.3. The number of aromatic nitrogens is 3. The molecular formula is C33H45InN6O6. The second-order valence-corrected chi connectivity index (χ2v) is 12.0. The molecule has 12 nitrogen and oxygen atoms in total. The summed E-state index contributed by atoms with van der Waals surface area (Å²) in [6.45, 7) is 11.3. The van der Waals surface area contributed by atoms with Gasteiger partial charge in [0.15, 0.2) is 16.3 Å². The second-order valence-electron chi connectivity index (χ2n) is 12.0. The van der Waals surface area contributed by atoms with Crippen LogP contribution >= 0.6 is 0 Å². The molecule has 0 unspecified atom stereocenters. The van der Waals surface area contributed by atoms with Crippen LogP contribution in [-0.2, 0) is 0 Å². The second kappa shape index (κ2) is 17.4. The SMILES string of the molecule is Cc1cc(=O)c([O-])cn1N1CCCCC1.Cc1cc(=O)c([O-])cn1N1CCCCC1.Cc1cc(=O)c([O-])cn1N1CCCCC1.[111In+3]. The van der Waals surface area contributed by atoms with Crippen molar-refractivity contribution in [2.45, 2.75) is 78.6 Å². The van der Waals surface area contributed by atoms with Crippen LogP contribution in [0.3, 0.4) is 0 Å². The smallest absolute Gasteiger partial charge is 0.869 e. The van der Waals surface area contributed by atoms with Crippen molar-refractivity contribution in [2.24, 2.45) is 0 Å². The summed E-state index contributed by atoms with van der Waals surface area (Å²) in [7, 11) is 0. The van der Waals surface area contributed by atoms with Crippen LogP contribution in [0.15, 0.2) is 51.2 Å². The molecule has 3 fully saturated rings. The van der Waals surface area contributed by atoms with Gasteiger partial charge in [-0.2, -0.15) is 0 Å². The molecule has 3 aromatic heterocycles. The molecule has 3 aliphatic heterocycles. The maximum Gasteiger partial charge on any atom is 3.00 e. The molecular weight excluding hydrogens is 687 g/mol. The van der Waals surface area contributed by atoms with Gasteiger partial charge in [0.1, 0.15) is 0 Å². The van der Waals surface area contributed by atoms with Crippen LogP contribution in [0.5, 0.6) is 17.2 Å². The van der Waals surface area contributed by atoms with Crippen LogP contribution < -0.4 is 46.6 Å². The maximum atomic E-state index is 11.3. The summed E-state index contributed by atoms with van der Waals surface area (Å²) in [6.07, 6.45) is 14.9. The molecule has 0 N–H and O–H groups in total. The van der Waals surface area contributed by atoms with E-state index in [0.29, 0.717) is 0 Å². The maximum absolute atomic E-state index is 11.3. The van der Waals surface area contributed by atoms with E-state index in [1.807, 2.05) is 34.8 Å². The Morgan fingerprint density at radius 2 is 0.652 bits per heavy atom. The number of pyridine rings is 3. The number of hydrogen-bond donors (Lipinski definition) is 0. The number of rotatable bonds is 3. The first-order chi connectivity index (χ1) is 21.5.